The number of nitrogens with zero attached hydrogens (tertiary/aromatic N) is 1. The fourth-order valence-electron chi connectivity index (χ4n) is 0.934. The van der Waals surface area contributed by atoms with Crippen molar-refractivity contribution in [3.8, 4) is 0 Å². The van der Waals surface area contributed by atoms with Gasteiger partial charge in [0.2, 0.25) is 0 Å². The maximum atomic E-state index is 10.6. The van der Waals surface area contributed by atoms with Crippen LogP contribution in [0.5, 0.6) is 0 Å². The van der Waals surface area contributed by atoms with E-state index in [0.717, 1.165) is 13.0 Å². The van der Waals surface area contributed by atoms with Crippen LogP contribution < -0.4 is 10.3 Å². The number of H-pyrrole nitrogens is 1. The first kappa shape index (κ1) is 9.03. The molecular weight excluding hydrogens is 156 g/mol. The van der Waals surface area contributed by atoms with Crippen LogP contribution >= 0.6 is 0 Å². The topological polar surface area (TPSA) is 49.9 Å². The van der Waals surface area contributed by atoms with Crippen LogP contribution in [0.4, 0.5) is 0 Å². The smallest absolute Gasteiger partial charge is 0.284 e. The van der Waals surface area contributed by atoms with Crippen LogP contribution in [0, 0.1) is 5.41 Å². The molecule has 0 unspecified atom stereocenters. The minimum absolute atomic E-state index is 0.192. The molecule has 0 bridgehead atoms. The monoisotopic (exact) mass is 171 g/mol. The molecule has 0 amide bonds. The highest BCUT2D eigenvalue weighted by atomic mass is 16.5. The summed E-state index contributed by atoms with van der Waals surface area (Å²) < 4.78 is 6.21. The minimum atomic E-state index is -0.332. The fraction of sp³-hybridized carbons (Fsp3) is 0.750. The van der Waals surface area contributed by atoms with E-state index in [1.54, 1.807) is 4.68 Å². The van der Waals surface area contributed by atoms with Gasteiger partial charge in [-0.2, -0.15) is 0 Å². The van der Waals surface area contributed by atoms with Crippen molar-refractivity contribution in [1.29, 1.82) is 0 Å². The molecule has 1 aromatic rings. The number of aromatic amines is 1. The fourth-order valence-corrected chi connectivity index (χ4v) is 0.934. The molecule has 0 radical (unpaired) electrons. The normalized spacial score (nSPS) is 11.9. The Morgan fingerprint density at radius 3 is 2.75 bits per heavy atom. The molecule has 12 heavy (non-hydrogen) atoms. The van der Waals surface area contributed by atoms with Gasteiger partial charge in [-0.3, -0.25) is 4.52 Å². The second-order valence-electron chi connectivity index (χ2n) is 3.79. The molecule has 0 aliphatic carbocycles. The van der Waals surface area contributed by atoms with Gasteiger partial charge in [0.1, 0.15) is 0 Å². The van der Waals surface area contributed by atoms with Crippen molar-refractivity contribution in [3.05, 3.63) is 16.6 Å². The molecule has 4 nitrogen and oxygen atoms in total. The van der Waals surface area contributed by atoms with E-state index in [0.29, 0.717) is 0 Å². The molecule has 0 atom stereocenters. The van der Waals surface area contributed by atoms with Crippen LogP contribution in [-0.4, -0.2) is 5.27 Å². The van der Waals surface area contributed by atoms with E-state index >= 15 is 0 Å². The molecule has 1 N–H and O–H groups in total. The van der Waals surface area contributed by atoms with E-state index in [2.05, 4.69) is 30.6 Å². The highest BCUT2D eigenvalue weighted by Crippen LogP contribution is 2.18. The third-order valence-corrected chi connectivity index (χ3v) is 2.08. The second kappa shape index (κ2) is 3.13. The van der Waals surface area contributed by atoms with Gasteiger partial charge in [-0.25, -0.2) is 4.79 Å². The van der Waals surface area contributed by atoms with E-state index < -0.39 is 0 Å². The second-order valence-corrected chi connectivity index (χ2v) is 3.79. The van der Waals surface area contributed by atoms with Crippen LogP contribution in [0.3, 0.4) is 0 Å². The van der Waals surface area contributed by atoms with Crippen LogP contribution in [0.2, 0.25) is 0 Å². The zero-order valence-corrected chi connectivity index (χ0v) is 7.76. The number of hydrogen-bond donors (Lipinski definition) is 1. The van der Waals surface area contributed by atoms with Crippen molar-refractivity contribution in [2.45, 2.75) is 33.7 Å². The van der Waals surface area contributed by atoms with Gasteiger partial charge in [0.15, 0.2) is 6.54 Å². The van der Waals surface area contributed by atoms with Crippen molar-refractivity contribution in [2.75, 3.05) is 0 Å². The lowest BCUT2D eigenvalue weighted by Crippen LogP contribution is -2.42. The lowest BCUT2D eigenvalue weighted by molar-refractivity contribution is -0.772. The van der Waals surface area contributed by atoms with Gasteiger partial charge in [-0.05, 0) is 11.7 Å². The Labute approximate surface area is 71.1 Å². The van der Waals surface area contributed by atoms with Gasteiger partial charge in [-0.1, -0.05) is 25.5 Å². The van der Waals surface area contributed by atoms with E-state index in [1.807, 2.05) is 0 Å². The van der Waals surface area contributed by atoms with E-state index in [4.69, 9.17) is 0 Å². The molecule has 0 aromatic carbocycles. The van der Waals surface area contributed by atoms with E-state index in [9.17, 15) is 4.79 Å². The molecule has 1 aromatic heterocycles. The molecule has 0 saturated carbocycles. The van der Waals surface area contributed by atoms with Crippen LogP contribution in [0.15, 0.2) is 15.5 Å². The Morgan fingerprint density at radius 2 is 2.33 bits per heavy atom. The highest BCUT2D eigenvalue weighted by Gasteiger charge is 2.22. The summed E-state index contributed by atoms with van der Waals surface area (Å²) in [7, 11) is 0. The summed E-state index contributed by atoms with van der Waals surface area (Å²) in [6.07, 6.45) is 2.49. The summed E-state index contributed by atoms with van der Waals surface area (Å²) in [4.78, 5) is 10.6. The molecule has 0 saturated heterocycles. The van der Waals surface area contributed by atoms with Crippen molar-refractivity contribution >= 4 is 0 Å². The standard InChI is InChI=1S/C8H14N2O2/c1-4-8(2,3)6-10-5-7(11)12-9-10/h5H,4,6H2,1-3H3/p+1. The quantitative estimate of drug-likeness (QED) is 0.680. The van der Waals surface area contributed by atoms with Crippen molar-refractivity contribution in [1.82, 2.24) is 5.27 Å². The predicted molar refractivity (Wildman–Crippen MR) is 43.6 cm³/mol. The zero-order valence-electron chi connectivity index (χ0n) is 7.76. The van der Waals surface area contributed by atoms with E-state index in [1.165, 1.54) is 6.20 Å². The van der Waals surface area contributed by atoms with E-state index in [-0.39, 0.29) is 11.0 Å². The molecule has 0 spiro atoms. The lowest BCUT2D eigenvalue weighted by Gasteiger charge is -2.15. The Balaban J connectivity index is 2.70. The highest BCUT2D eigenvalue weighted by molar-refractivity contribution is 4.60. The molecule has 0 fully saturated rings. The summed E-state index contributed by atoms with van der Waals surface area (Å²) >= 11 is 0. The first-order valence-corrected chi connectivity index (χ1v) is 4.11. The first-order chi connectivity index (χ1) is 5.53. The Bertz CT molecular complexity index is 298. The van der Waals surface area contributed by atoms with Crippen molar-refractivity contribution in [3.63, 3.8) is 0 Å². The Morgan fingerprint density at radius 1 is 1.67 bits per heavy atom. The summed E-state index contributed by atoms with van der Waals surface area (Å²) in [5.74, 6) is 0. The molecule has 1 rings (SSSR count). The molecule has 68 valence electrons. The van der Waals surface area contributed by atoms with Crippen LogP contribution in [0.25, 0.3) is 0 Å². The lowest BCUT2D eigenvalue weighted by atomic mass is 9.90. The first-order valence-electron chi connectivity index (χ1n) is 4.11. The third-order valence-electron chi connectivity index (χ3n) is 2.08. The molecule has 4 heteroatoms. The molecule has 0 aliphatic rings. The largest absolute Gasteiger partial charge is 0.426 e. The Kier molecular flexibility index (Phi) is 2.35. The maximum Gasteiger partial charge on any atom is 0.426 e. The maximum absolute atomic E-state index is 10.6. The summed E-state index contributed by atoms with van der Waals surface area (Å²) in [5, 5.41) is 2.53. The average Bonchev–Trinajstić information content (AvgIpc) is 2.35. The number of aromatic nitrogens is 2. The Hall–Kier alpha value is -1.06. The van der Waals surface area contributed by atoms with Crippen molar-refractivity contribution < 1.29 is 9.20 Å². The SMILES string of the molecule is CCC(C)(C)C[n+]1cc(=O)o[nH]1. The van der Waals surface area contributed by atoms with Gasteiger partial charge in [0, 0.05) is 5.41 Å². The molecule has 0 aliphatic heterocycles. The average molecular weight is 171 g/mol. The van der Waals surface area contributed by atoms with Gasteiger partial charge >= 0.3 is 5.63 Å². The number of nitrogens with one attached hydrogen (secondary N) is 1. The van der Waals surface area contributed by atoms with Gasteiger partial charge < -0.3 is 0 Å². The summed E-state index contributed by atoms with van der Waals surface area (Å²) in [5.41, 5.74) is -0.140. The molecule has 1 heterocycles. The van der Waals surface area contributed by atoms with Gasteiger partial charge in [0.05, 0.1) is 0 Å². The summed E-state index contributed by atoms with van der Waals surface area (Å²) in [6, 6.07) is 0. The van der Waals surface area contributed by atoms with Gasteiger partial charge in [0.25, 0.3) is 6.20 Å². The number of hydrogen-bond acceptors (Lipinski definition) is 2. The van der Waals surface area contributed by atoms with Crippen LogP contribution in [-0.2, 0) is 6.54 Å². The van der Waals surface area contributed by atoms with Crippen LogP contribution in [0.1, 0.15) is 27.2 Å². The molecular formula is C8H15N2O2+. The van der Waals surface area contributed by atoms with Gasteiger partial charge in [-0.15, -0.1) is 0 Å². The van der Waals surface area contributed by atoms with Crippen molar-refractivity contribution in [2.24, 2.45) is 5.41 Å². The number of rotatable bonds is 3. The minimum Gasteiger partial charge on any atom is -0.284 e. The summed E-state index contributed by atoms with van der Waals surface area (Å²) in [6.45, 7) is 7.19. The predicted octanol–water partition coefficient (Wildman–Crippen LogP) is 0.692. The third kappa shape index (κ3) is 2.22. The zero-order chi connectivity index (χ0) is 9.19.